The van der Waals surface area contributed by atoms with Crippen LogP contribution in [0.5, 0.6) is 0 Å². The molecule has 1 spiro atoms. The molecule has 3 saturated heterocycles. The number of piperazine rings is 1. The van der Waals surface area contributed by atoms with E-state index in [1.807, 2.05) is 12.1 Å². The highest BCUT2D eigenvalue weighted by Gasteiger charge is 2.40. The summed E-state index contributed by atoms with van der Waals surface area (Å²) >= 11 is 0. The monoisotopic (exact) mass is 558 g/mol. The Kier molecular flexibility index (Phi) is 8.65. The number of likely N-dealkylation sites (tertiary alicyclic amines) is 1. The lowest BCUT2D eigenvalue weighted by Crippen LogP contribution is -2.58. The molecule has 3 fully saturated rings. The number of aromatic nitrogens is 2. The van der Waals surface area contributed by atoms with E-state index in [0.717, 1.165) is 38.4 Å². The summed E-state index contributed by atoms with van der Waals surface area (Å²) in [6, 6.07) is 9.25. The Morgan fingerprint density at radius 1 is 1.05 bits per heavy atom. The molecule has 2 aromatic rings. The van der Waals surface area contributed by atoms with E-state index in [0.29, 0.717) is 31.6 Å². The lowest BCUT2D eigenvalue weighted by molar-refractivity contribution is -0.137. The number of nitrogens with one attached hydrogen (secondary N) is 2. The fraction of sp³-hybridized carbons (Fsp3) is 0.556. The van der Waals surface area contributed by atoms with E-state index in [1.54, 1.807) is 35.9 Å². The fourth-order valence-corrected chi connectivity index (χ4v) is 5.70. The first-order valence-corrected chi connectivity index (χ1v) is 13.4. The largest absolute Gasteiger partial charge is 0.354 e. The first kappa shape index (κ1) is 29.0. The number of hydrogen-bond acceptors (Lipinski definition) is 7. The lowest BCUT2D eigenvalue weighted by atomic mass is 9.86. The molecule has 3 aliphatic rings. The van der Waals surface area contributed by atoms with Crippen LogP contribution in [0.25, 0.3) is 5.69 Å². The zero-order chi connectivity index (χ0) is 26.9. The van der Waals surface area contributed by atoms with E-state index in [9.17, 15) is 14.4 Å². The number of halogens is 1. The van der Waals surface area contributed by atoms with Gasteiger partial charge in [0.15, 0.2) is 0 Å². The molecule has 12 heteroatoms. The third kappa shape index (κ3) is 6.60. The molecule has 4 N–H and O–H groups in total. The molecule has 212 valence electrons. The molecule has 0 aliphatic carbocycles. The number of anilines is 1. The van der Waals surface area contributed by atoms with Gasteiger partial charge in [0.2, 0.25) is 5.91 Å². The van der Waals surface area contributed by atoms with Crippen LogP contribution >= 0.6 is 12.4 Å². The molecule has 0 saturated carbocycles. The maximum atomic E-state index is 12.7. The minimum atomic E-state index is -0.942. The van der Waals surface area contributed by atoms with E-state index in [1.165, 1.54) is 23.0 Å². The third-order valence-electron chi connectivity index (χ3n) is 7.91. The summed E-state index contributed by atoms with van der Waals surface area (Å²) in [5.74, 6) is 0.0563. The summed E-state index contributed by atoms with van der Waals surface area (Å²) in [5, 5.41) is 6.20. The van der Waals surface area contributed by atoms with Crippen molar-refractivity contribution in [1.82, 2.24) is 29.6 Å². The number of nitrogens with zero attached hydrogens (tertiary/aromatic N) is 5. The highest BCUT2D eigenvalue weighted by atomic mass is 35.5. The number of rotatable bonds is 5. The second kappa shape index (κ2) is 11.6. The van der Waals surface area contributed by atoms with Crippen molar-refractivity contribution in [2.75, 3.05) is 57.7 Å². The van der Waals surface area contributed by atoms with Gasteiger partial charge in [-0.3, -0.25) is 19.6 Å². The molecule has 3 aliphatic heterocycles. The smallest absolute Gasteiger partial charge is 0.338 e. The van der Waals surface area contributed by atoms with Crippen molar-refractivity contribution in [2.45, 2.75) is 38.8 Å². The van der Waals surface area contributed by atoms with Crippen LogP contribution in [0.2, 0.25) is 0 Å². The molecule has 1 atom stereocenters. The van der Waals surface area contributed by atoms with Crippen molar-refractivity contribution in [1.29, 1.82) is 0 Å². The van der Waals surface area contributed by atoms with Gasteiger partial charge in [0.05, 0.1) is 11.2 Å². The van der Waals surface area contributed by atoms with Gasteiger partial charge in [-0.05, 0) is 69.0 Å². The highest BCUT2D eigenvalue weighted by molar-refractivity contribution is 5.89. The standard InChI is InChI=1S/C27H38N8O3.ClH/c1-26(2,28)23(36)33-13-15-34(16-14-33)24(37)30-22-7-11-35(25(38)31-22)21-5-3-20(4-6-21)17-32-12-9-27(19-32)8-10-29-18-27;/h3-7,11,29H,8-10,12-19,28H2,1-2H3,(H,30,31,37,38);1H. The molecule has 3 amide bonds. The summed E-state index contributed by atoms with van der Waals surface area (Å²) in [5.41, 5.74) is 6.90. The normalized spacial score (nSPS) is 21.7. The molecule has 0 radical (unpaired) electrons. The van der Waals surface area contributed by atoms with Crippen LogP contribution in [0.15, 0.2) is 41.3 Å². The topological polar surface area (TPSA) is 129 Å². The van der Waals surface area contributed by atoms with E-state index < -0.39 is 11.2 Å². The van der Waals surface area contributed by atoms with E-state index in [-0.39, 0.29) is 30.2 Å². The molecule has 1 aromatic heterocycles. The van der Waals surface area contributed by atoms with Crippen LogP contribution in [0.1, 0.15) is 32.3 Å². The third-order valence-corrected chi connectivity index (χ3v) is 7.91. The van der Waals surface area contributed by atoms with Crippen LogP contribution in [0.3, 0.4) is 0 Å². The Morgan fingerprint density at radius 3 is 2.36 bits per heavy atom. The molecule has 39 heavy (non-hydrogen) atoms. The van der Waals surface area contributed by atoms with Gasteiger partial charge in [-0.25, -0.2) is 9.59 Å². The van der Waals surface area contributed by atoms with Crippen molar-refractivity contribution in [3.8, 4) is 5.69 Å². The first-order chi connectivity index (χ1) is 18.1. The summed E-state index contributed by atoms with van der Waals surface area (Å²) < 4.78 is 1.47. The van der Waals surface area contributed by atoms with Crippen LogP contribution in [0.4, 0.5) is 10.6 Å². The van der Waals surface area contributed by atoms with Crippen molar-refractivity contribution < 1.29 is 9.59 Å². The Balaban J connectivity index is 0.00000353. The van der Waals surface area contributed by atoms with Crippen molar-refractivity contribution in [3.63, 3.8) is 0 Å². The van der Waals surface area contributed by atoms with Crippen molar-refractivity contribution >= 4 is 30.2 Å². The maximum Gasteiger partial charge on any atom is 0.354 e. The number of carbonyl (C=O) groups is 2. The summed E-state index contributed by atoms with van der Waals surface area (Å²) in [6.45, 7) is 10.4. The molecule has 5 rings (SSSR count). The summed E-state index contributed by atoms with van der Waals surface area (Å²) in [6.07, 6.45) is 4.14. The second-order valence-corrected chi connectivity index (χ2v) is 11.5. The van der Waals surface area contributed by atoms with Gasteiger partial charge in [0.1, 0.15) is 5.82 Å². The first-order valence-electron chi connectivity index (χ1n) is 13.4. The maximum absolute atomic E-state index is 12.7. The minimum Gasteiger partial charge on any atom is -0.338 e. The average molecular weight is 559 g/mol. The number of hydrogen-bond donors (Lipinski definition) is 3. The van der Waals surface area contributed by atoms with Crippen LogP contribution in [-0.2, 0) is 11.3 Å². The van der Waals surface area contributed by atoms with Gasteiger partial charge >= 0.3 is 11.7 Å². The van der Waals surface area contributed by atoms with Crippen LogP contribution in [-0.4, -0.2) is 94.1 Å². The number of urea groups is 1. The molecule has 1 unspecified atom stereocenters. The van der Waals surface area contributed by atoms with Gasteiger partial charge in [-0.1, -0.05) is 12.1 Å². The zero-order valence-corrected chi connectivity index (χ0v) is 23.5. The minimum absolute atomic E-state index is 0. The van der Waals surface area contributed by atoms with Gasteiger partial charge in [0.25, 0.3) is 0 Å². The number of amides is 3. The van der Waals surface area contributed by atoms with Gasteiger partial charge in [0, 0.05) is 52.0 Å². The number of nitrogens with two attached hydrogens (primary N) is 1. The fourth-order valence-electron chi connectivity index (χ4n) is 5.70. The SMILES string of the molecule is CC(C)(N)C(=O)N1CCN(C(=O)Nc2ccn(-c3ccc(CN4CCC5(CCNC5)C4)cc3)c(=O)n2)CC1.Cl. The predicted molar refractivity (Wildman–Crippen MR) is 152 cm³/mol. The second-order valence-electron chi connectivity index (χ2n) is 11.5. The molecular formula is C27H39ClN8O3. The Labute approximate surface area is 235 Å². The molecule has 0 bridgehead atoms. The lowest BCUT2D eigenvalue weighted by Gasteiger charge is -2.37. The highest BCUT2D eigenvalue weighted by Crippen LogP contribution is 2.36. The quantitative estimate of drug-likeness (QED) is 0.504. The van der Waals surface area contributed by atoms with Crippen molar-refractivity contribution in [3.05, 3.63) is 52.6 Å². The summed E-state index contributed by atoms with van der Waals surface area (Å²) in [7, 11) is 0. The predicted octanol–water partition coefficient (Wildman–Crippen LogP) is 1.25. The number of carbonyl (C=O) groups excluding carboxylic acids is 2. The van der Waals surface area contributed by atoms with E-state index >= 15 is 0 Å². The average Bonchev–Trinajstić information content (AvgIpc) is 3.52. The Hall–Kier alpha value is -2.99. The van der Waals surface area contributed by atoms with Crippen LogP contribution in [0, 0.1) is 5.41 Å². The van der Waals surface area contributed by atoms with Gasteiger partial charge < -0.3 is 20.9 Å². The Morgan fingerprint density at radius 2 is 1.74 bits per heavy atom. The van der Waals surface area contributed by atoms with Gasteiger partial charge in [-0.2, -0.15) is 4.98 Å². The molecular weight excluding hydrogens is 520 g/mol. The zero-order valence-electron chi connectivity index (χ0n) is 22.7. The van der Waals surface area contributed by atoms with Crippen molar-refractivity contribution in [2.24, 2.45) is 11.1 Å². The van der Waals surface area contributed by atoms with E-state index in [2.05, 4.69) is 32.7 Å². The molecule has 4 heterocycles. The summed E-state index contributed by atoms with van der Waals surface area (Å²) in [4.78, 5) is 47.6. The van der Waals surface area contributed by atoms with Gasteiger partial charge in [-0.15, -0.1) is 12.4 Å². The molecule has 11 nitrogen and oxygen atoms in total. The van der Waals surface area contributed by atoms with Crippen LogP contribution < -0.4 is 22.1 Å². The number of benzene rings is 1. The Bertz CT molecular complexity index is 1230. The van der Waals surface area contributed by atoms with E-state index in [4.69, 9.17) is 5.73 Å². The molecule has 1 aromatic carbocycles.